The number of likely N-dealkylation sites (tertiary alicyclic amines) is 1. The summed E-state index contributed by atoms with van der Waals surface area (Å²) in [4.78, 5) is 32.2. The highest BCUT2D eigenvalue weighted by Crippen LogP contribution is 2.19. The number of carbonyl (C=O) groups excluding carboxylic acids is 2. The highest BCUT2D eigenvalue weighted by Gasteiger charge is 2.32. The highest BCUT2D eigenvalue weighted by molar-refractivity contribution is 6.00. The molecular weight excluding hydrogens is 466 g/mol. The number of hydrogen-bond donors (Lipinski definition) is 2. The molecule has 1 aliphatic heterocycles. The molecule has 1 saturated heterocycles. The number of rotatable bonds is 7. The van der Waals surface area contributed by atoms with Crippen molar-refractivity contribution in [2.45, 2.75) is 32.6 Å². The van der Waals surface area contributed by atoms with Crippen LogP contribution in [0.5, 0.6) is 0 Å². The van der Waals surface area contributed by atoms with Gasteiger partial charge in [-0.1, -0.05) is 36.4 Å². The smallest absolute Gasteiger partial charge is 0.322 e. The molecule has 0 radical (unpaired) electrons. The van der Waals surface area contributed by atoms with E-state index in [1.807, 2.05) is 37.4 Å². The van der Waals surface area contributed by atoms with Crippen LogP contribution in [0, 0.1) is 11.3 Å². The van der Waals surface area contributed by atoms with Gasteiger partial charge in [0.1, 0.15) is 11.7 Å². The van der Waals surface area contributed by atoms with E-state index < -0.39 is 11.9 Å². The lowest BCUT2D eigenvalue weighted by Crippen LogP contribution is -2.38. The molecular formula is C26H32ClN5O3. The third kappa shape index (κ3) is 5.82. The van der Waals surface area contributed by atoms with Crippen molar-refractivity contribution in [3.05, 3.63) is 63.6 Å². The number of nitrogens with one attached hydrogen (secondary N) is 1. The van der Waals surface area contributed by atoms with Crippen LogP contribution in [0.3, 0.4) is 0 Å². The molecule has 186 valence electrons. The Labute approximate surface area is 211 Å². The van der Waals surface area contributed by atoms with Crippen molar-refractivity contribution in [3.8, 4) is 0 Å². The van der Waals surface area contributed by atoms with Crippen LogP contribution in [0.2, 0.25) is 0 Å². The third-order valence-electron chi connectivity index (χ3n) is 6.35. The lowest BCUT2D eigenvalue weighted by Gasteiger charge is -2.20. The topological polar surface area (TPSA) is 114 Å². The fourth-order valence-electron chi connectivity index (χ4n) is 4.46. The zero-order valence-electron chi connectivity index (χ0n) is 20.1. The van der Waals surface area contributed by atoms with Crippen molar-refractivity contribution in [3.63, 3.8) is 0 Å². The van der Waals surface area contributed by atoms with Gasteiger partial charge in [-0.05, 0) is 43.4 Å². The molecule has 1 aromatic heterocycles. The van der Waals surface area contributed by atoms with E-state index in [4.69, 9.17) is 20.9 Å². The number of allylic oxidation sites excluding steroid dienone is 1. The molecule has 3 N–H and O–H groups in total. The van der Waals surface area contributed by atoms with Crippen LogP contribution in [0.15, 0.2) is 35.9 Å². The number of nitrogen functional groups attached to an aromatic ring is 1. The van der Waals surface area contributed by atoms with Gasteiger partial charge in [0.2, 0.25) is 5.91 Å². The summed E-state index contributed by atoms with van der Waals surface area (Å²) >= 11 is 0. The van der Waals surface area contributed by atoms with E-state index in [9.17, 15) is 9.59 Å². The van der Waals surface area contributed by atoms with Gasteiger partial charge in [-0.2, -0.15) is 0 Å². The zero-order chi connectivity index (χ0) is 24.2. The van der Waals surface area contributed by atoms with Gasteiger partial charge in [-0.15, -0.1) is 12.4 Å². The molecule has 1 aliphatic carbocycles. The Morgan fingerprint density at radius 2 is 1.91 bits per heavy atom. The lowest BCUT2D eigenvalue weighted by atomic mass is 9.99. The number of aromatic nitrogens is 2. The molecule has 1 amide bonds. The number of amidine groups is 1. The number of nitrogens with two attached hydrogens (primary N) is 1. The van der Waals surface area contributed by atoms with Crippen LogP contribution < -0.4 is 16.4 Å². The number of hydrogen-bond acceptors (Lipinski definition) is 5. The van der Waals surface area contributed by atoms with Crippen molar-refractivity contribution >= 4 is 42.3 Å². The van der Waals surface area contributed by atoms with E-state index in [2.05, 4.69) is 10.6 Å². The SMILES string of the molecule is CCOC(=O)C(C=C1C=c2nc(Cc3ccc(C(=N)N)cc3)n(C)c2=CC1)C(=O)N1CCCC1.Cl. The molecule has 0 saturated carbocycles. The van der Waals surface area contributed by atoms with E-state index in [1.165, 1.54) is 0 Å². The van der Waals surface area contributed by atoms with Gasteiger partial charge in [0.05, 0.1) is 17.3 Å². The molecule has 9 heteroatoms. The van der Waals surface area contributed by atoms with Crippen LogP contribution >= 0.6 is 12.4 Å². The van der Waals surface area contributed by atoms with Gasteiger partial charge in [0.15, 0.2) is 5.92 Å². The minimum Gasteiger partial charge on any atom is -0.465 e. The first kappa shape index (κ1) is 26.2. The Balaban J connectivity index is 0.00000342. The standard InChI is InChI=1S/C26H31N5O3.ClH/c1-3-34-26(33)20(25(32)31-12-4-5-13-31)14-18-8-11-22-21(15-18)29-23(30(22)2)16-17-6-9-19(10-7-17)24(27)28;/h6-7,9-11,14-15,20H,3-5,8,12-13,16H2,1-2H3,(H3,27,28);1H. The molecule has 2 aliphatic rings. The summed E-state index contributed by atoms with van der Waals surface area (Å²) in [5.41, 5.74) is 8.19. The molecule has 2 aromatic rings. The summed E-state index contributed by atoms with van der Waals surface area (Å²) in [6.45, 7) is 3.37. The summed E-state index contributed by atoms with van der Waals surface area (Å²) in [5, 5.41) is 9.38. The van der Waals surface area contributed by atoms with E-state index >= 15 is 0 Å². The van der Waals surface area contributed by atoms with Crippen molar-refractivity contribution in [2.75, 3.05) is 19.7 Å². The maximum absolute atomic E-state index is 13.0. The molecule has 4 rings (SSSR count). The minimum absolute atomic E-state index is 0. The maximum Gasteiger partial charge on any atom is 0.322 e. The third-order valence-corrected chi connectivity index (χ3v) is 6.35. The number of esters is 1. The molecule has 35 heavy (non-hydrogen) atoms. The van der Waals surface area contributed by atoms with Crippen molar-refractivity contribution in [1.29, 1.82) is 5.41 Å². The number of nitrogens with zero attached hydrogens (tertiary/aromatic N) is 3. The Morgan fingerprint density at radius 1 is 1.23 bits per heavy atom. The van der Waals surface area contributed by atoms with Crippen LogP contribution in [0.1, 0.15) is 43.1 Å². The average Bonchev–Trinajstić information content (AvgIpc) is 3.46. The quantitative estimate of drug-likeness (QED) is 0.260. The number of benzene rings is 1. The number of halogens is 1. The van der Waals surface area contributed by atoms with Crippen LogP contribution in [0.4, 0.5) is 0 Å². The average molecular weight is 498 g/mol. The molecule has 1 fully saturated rings. The number of ether oxygens (including phenoxy) is 1. The van der Waals surface area contributed by atoms with E-state index in [1.54, 1.807) is 17.9 Å². The van der Waals surface area contributed by atoms with Gasteiger partial charge in [-0.3, -0.25) is 15.0 Å². The first-order valence-electron chi connectivity index (χ1n) is 11.7. The van der Waals surface area contributed by atoms with E-state index in [0.29, 0.717) is 31.5 Å². The predicted molar refractivity (Wildman–Crippen MR) is 138 cm³/mol. The zero-order valence-corrected chi connectivity index (χ0v) is 20.9. The Kier molecular flexibility index (Phi) is 8.51. The highest BCUT2D eigenvalue weighted by atomic mass is 35.5. The summed E-state index contributed by atoms with van der Waals surface area (Å²) in [5.74, 6) is -0.654. The summed E-state index contributed by atoms with van der Waals surface area (Å²) in [6, 6.07) is 7.59. The van der Waals surface area contributed by atoms with Crippen molar-refractivity contribution in [2.24, 2.45) is 18.7 Å². The van der Waals surface area contributed by atoms with Gasteiger partial charge in [0, 0.05) is 32.1 Å². The molecule has 0 bridgehead atoms. The van der Waals surface area contributed by atoms with Crippen LogP contribution in [0.25, 0.3) is 12.2 Å². The lowest BCUT2D eigenvalue weighted by molar-refractivity contribution is -0.152. The summed E-state index contributed by atoms with van der Waals surface area (Å²) < 4.78 is 7.28. The molecule has 1 unspecified atom stereocenters. The second kappa shape index (κ2) is 11.4. The van der Waals surface area contributed by atoms with Crippen molar-refractivity contribution < 1.29 is 14.3 Å². The summed E-state index contributed by atoms with van der Waals surface area (Å²) in [7, 11) is 1.99. The van der Waals surface area contributed by atoms with E-state index in [-0.39, 0.29) is 30.8 Å². The van der Waals surface area contributed by atoms with Gasteiger partial charge in [0.25, 0.3) is 0 Å². The predicted octanol–water partition coefficient (Wildman–Crippen LogP) is 1.41. The van der Waals surface area contributed by atoms with Gasteiger partial charge >= 0.3 is 5.97 Å². The van der Waals surface area contributed by atoms with Crippen molar-refractivity contribution in [1.82, 2.24) is 14.5 Å². The molecule has 1 aromatic carbocycles. The largest absolute Gasteiger partial charge is 0.465 e. The van der Waals surface area contributed by atoms with E-state index in [0.717, 1.165) is 40.5 Å². The minimum atomic E-state index is -0.928. The van der Waals surface area contributed by atoms with Crippen LogP contribution in [-0.2, 0) is 27.8 Å². The fraction of sp³-hybridized carbons (Fsp3) is 0.385. The maximum atomic E-state index is 13.0. The first-order valence-corrected chi connectivity index (χ1v) is 11.7. The second-order valence-electron chi connectivity index (χ2n) is 8.70. The van der Waals surface area contributed by atoms with Gasteiger partial charge in [-0.25, -0.2) is 4.98 Å². The number of fused-ring (bicyclic) bond motifs is 1. The fourth-order valence-corrected chi connectivity index (χ4v) is 4.46. The molecule has 0 spiro atoms. The Bertz CT molecular complexity index is 1260. The Morgan fingerprint density at radius 3 is 2.54 bits per heavy atom. The monoisotopic (exact) mass is 497 g/mol. The number of imidazole rings is 1. The molecule has 8 nitrogen and oxygen atoms in total. The normalized spacial score (nSPS) is 16.5. The Hall–Kier alpha value is -3.39. The molecule has 2 heterocycles. The van der Waals surface area contributed by atoms with Crippen LogP contribution in [-0.4, -0.2) is 51.9 Å². The first-order chi connectivity index (χ1) is 16.4. The number of carbonyl (C=O) groups is 2. The molecule has 1 atom stereocenters. The van der Waals surface area contributed by atoms with Gasteiger partial charge < -0.3 is 19.9 Å². The second-order valence-corrected chi connectivity index (χ2v) is 8.70. The summed E-state index contributed by atoms with van der Waals surface area (Å²) in [6.07, 6.45) is 8.97. The number of amides is 1.